The number of nitrogens with zero attached hydrogens (tertiary/aromatic N) is 2. The first-order valence-electron chi connectivity index (χ1n) is 8.38. The highest BCUT2D eigenvalue weighted by atomic mass is 16.5. The Labute approximate surface area is 128 Å². The summed E-state index contributed by atoms with van der Waals surface area (Å²) in [4.78, 5) is 17.0. The molecule has 3 heterocycles. The van der Waals surface area contributed by atoms with E-state index in [0.29, 0.717) is 5.91 Å². The fourth-order valence-electron chi connectivity index (χ4n) is 4.00. The van der Waals surface area contributed by atoms with E-state index >= 15 is 0 Å². The van der Waals surface area contributed by atoms with Crippen LogP contribution in [0.3, 0.4) is 0 Å². The van der Waals surface area contributed by atoms with Crippen molar-refractivity contribution in [2.24, 2.45) is 5.92 Å². The van der Waals surface area contributed by atoms with Crippen LogP contribution in [0, 0.1) is 5.92 Å². The number of amides is 1. The summed E-state index contributed by atoms with van der Waals surface area (Å²) >= 11 is 0. The van der Waals surface area contributed by atoms with Crippen molar-refractivity contribution in [2.45, 2.75) is 44.6 Å². The van der Waals surface area contributed by atoms with E-state index in [1.807, 2.05) is 0 Å². The van der Waals surface area contributed by atoms with Gasteiger partial charge in [0.2, 0.25) is 5.91 Å². The van der Waals surface area contributed by atoms with Gasteiger partial charge < -0.3 is 14.5 Å². The van der Waals surface area contributed by atoms with Crippen molar-refractivity contribution in [1.29, 1.82) is 0 Å². The number of piperidine rings is 2. The van der Waals surface area contributed by atoms with E-state index in [4.69, 9.17) is 4.74 Å². The molecule has 0 aromatic heterocycles. The van der Waals surface area contributed by atoms with Crippen LogP contribution >= 0.6 is 0 Å². The van der Waals surface area contributed by atoms with Gasteiger partial charge in [-0.15, -0.1) is 0 Å². The molecule has 3 rings (SSSR count). The second-order valence-corrected chi connectivity index (χ2v) is 7.08. The van der Waals surface area contributed by atoms with Crippen LogP contribution in [0.2, 0.25) is 0 Å². The van der Waals surface area contributed by atoms with Gasteiger partial charge in [0, 0.05) is 19.6 Å². The number of likely N-dealkylation sites (tertiary alicyclic amines) is 2. The summed E-state index contributed by atoms with van der Waals surface area (Å²) in [5.41, 5.74) is 1.36. The topological polar surface area (TPSA) is 32.8 Å². The molecule has 0 saturated carbocycles. The fraction of sp³-hybridized carbons (Fsp3) is 0.824. The van der Waals surface area contributed by atoms with Gasteiger partial charge in [0.25, 0.3) is 0 Å². The first-order valence-corrected chi connectivity index (χ1v) is 8.38. The smallest absolute Gasteiger partial charge is 0.226 e. The van der Waals surface area contributed by atoms with Gasteiger partial charge in [-0.1, -0.05) is 11.6 Å². The Bertz CT molecular complexity index is 425. The van der Waals surface area contributed by atoms with Crippen molar-refractivity contribution in [3.8, 4) is 0 Å². The van der Waals surface area contributed by atoms with Crippen LogP contribution in [0.4, 0.5) is 0 Å². The standard InChI is InChI=1S/C17H28N2O2/c1-14-5-11-21-17(12-14)6-9-19(10-7-17)16(20)15-4-3-8-18(2)13-15/h12,15H,3-11,13H2,1-2H3. The Morgan fingerprint density at radius 1 is 1.33 bits per heavy atom. The van der Waals surface area contributed by atoms with Gasteiger partial charge in [0.05, 0.1) is 18.1 Å². The van der Waals surface area contributed by atoms with Crippen LogP contribution in [0.15, 0.2) is 11.6 Å². The predicted octanol–water partition coefficient (Wildman–Crippen LogP) is 2.06. The van der Waals surface area contributed by atoms with Gasteiger partial charge in [0.15, 0.2) is 0 Å². The Morgan fingerprint density at radius 3 is 2.76 bits per heavy atom. The highest BCUT2D eigenvalue weighted by molar-refractivity contribution is 5.79. The summed E-state index contributed by atoms with van der Waals surface area (Å²) in [5.74, 6) is 0.579. The molecule has 3 aliphatic heterocycles. The monoisotopic (exact) mass is 292 g/mol. The van der Waals surface area contributed by atoms with Crippen molar-refractivity contribution in [3.05, 3.63) is 11.6 Å². The fourth-order valence-corrected chi connectivity index (χ4v) is 4.00. The first-order chi connectivity index (χ1) is 10.1. The van der Waals surface area contributed by atoms with Crippen molar-refractivity contribution in [2.75, 3.05) is 39.8 Å². The van der Waals surface area contributed by atoms with Crippen molar-refractivity contribution >= 4 is 5.91 Å². The zero-order valence-electron chi connectivity index (χ0n) is 13.4. The van der Waals surface area contributed by atoms with Crippen LogP contribution < -0.4 is 0 Å². The van der Waals surface area contributed by atoms with E-state index in [1.165, 1.54) is 5.57 Å². The van der Waals surface area contributed by atoms with E-state index < -0.39 is 0 Å². The number of carbonyl (C=O) groups is 1. The van der Waals surface area contributed by atoms with Gasteiger partial charge in [-0.25, -0.2) is 0 Å². The largest absolute Gasteiger partial charge is 0.370 e. The molecule has 4 heteroatoms. The lowest BCUT2D eigenvalue weighted by Crippen LogP contribution is -2.51. The maximum absolute atomic E-state index is 12.7. The molecule has 4 nitrogen and oxygen atoms in total. The molecular formula is C17H28N2O2. The highest BCUT2D eigenvalue weighted by Gasteiger charge is 2.38. The predicted molar refractivity (Wildman–Crippen MR) is 83.1 cm³/mol. The second-order valence-electron chi connectivity index (χ2n) is 7.08. The lowest BCUT2D eigenvalue weighted by molar-refractivity contribution is -0.142. The first kappa shape index (κ1) is 15.0. The molecule has 0 N–H and O–H groups in total. The maximum atomic E-state index is 12.7. The normalized spacial score (nSPS) is 30.3. The molecule has 0 aliphatic carbocycles. The third-order valence-corrected chi connectivity index (χ3v) is 5.29. The van der Waals surface area contributed by atoms with Crippen LogP contribution in [-0.2, 0) is 9.53 Å². The Morgan fingerprint density at radius 2 is 2.10 bits per heavy atom. The minimum atomic E-state index is -0.0809. The number of hydrogen-bond donors (Lipinski definition) is 0. The quantitative estimate of drug-likeness (QED) is 0.694. The third kappa shape index (κ3) is 3.32. The molecule has 0 aromatic carbocycles. The summed E-state index contributed by atoms with van der Waals surface area (Å²) in [6.45, 7) is 6.79. The third-order valence-electron chi connectivity index (χ3n) is 5.29. The lowest BCUT2D eigenvalue weighted by atomic mass is 9.86. The summed E-state index contributed by atoms with van der Waals surface area (Å²) in [6.07, 6.45) is 7.48. The Hall–Kier alpha value is -0.870. The minimum Gasteiger partial charge on any atom is -0.370 e. The van der Waals surface area contributed by atoms with E-state index in [-0.39, 0.29) is 11.5 Å². The highest BCUT2D eigenvalue weighted by Crippen LogP contribution is 2.33. The van der Waals surface area contributed by atoms with Gasteiger partial charge in [0.1, 0.15) is 0 Å². The zero-order valence-corrected chi connectivity index (χ0v) is 13.4. The molecule has 2 fully saturated rings. The van der Waals surface area contributed by atoms with E-state index in [0.717, 1.165) is 64.9 Å². The van der Waals surface area contributed by atoms with E-state index in [1.54, 1.807) is 0 Å². The number of carbonyl (C=O) groups excluding carboxylic acids is 1. The molecule has 3 aliphatic rings. The second kappa shape index (κ2) is 6.09. The maximum Gasteiger partial charge on any atom is 0.226 e. The number of hydrogen-bond acceptors (Lipinski definition) is 3. The Kier molecular flexibility index (Phi) is 4.36. The molecule has 0 aromatic rings. The molecular weight excluding hydrogens is 264 g/mol. The van der Waals surface area contributed by atoms with Crippen LogP contribution in [0.5, 0.6) is 0 Å². The molecule has 1 amide bonds. The molecule has 1 unspecified atom stereocenters. The minimum absolute atomic E-state index is 0.0809. The summed E-state index contributed by atoms with van der Waals surface area (Å²) in [5, 5.41) is 0. The van der Waals surface area contributed by atoms with E-state index in [9.17, 15) is 4.79 Å². The molecule has 0 bridgehead atoms. The van der Waals surface area contributed by atoms with Gasteiger partial charge in [-0.2, -0.15) is 0 Å². The SMILES string of the molecule is CC1=CC2(CCN(C(=O)C3CCCN(C)C3)CC2)OCC1. The van der Waals surface area contributed by atoms with Crippen LogP contribution in [-0.4, -0.2) is 61.1 Å². The zero-order chi connectivity index (χ0) is 14.9. The average molecular weight is 292 g/mol. The van der Waals surface area contributed by atoms with Crippen molar-refractivity contribution < 1.29 is 9.53 Å². The molecule has 1 spiro atoms. The van der Waals surface area contributed by atoms with Crippen molar-refractivity contribution in [1.82, 2.24) is 9.80 Å². The molecule has 0 radical (unpaired) electrons. The van der Waals surface area contributed by atoms with Crippen LogP contribution in [0.1, 0.15) is 39.0 Å². The molecule has 118 valence electrons. The summed E-state index contributed by atoms with van der Waals surface area (Å²) < 4.78 is 6.04. The number of rotatable bonds is 1. The number of ether oxygens (including phenoxy) is 1. The summed E-state index contributed by atoms with van der Waals surface area (Å²) in [7, 11) is 2.12. The lowest BCUT2D eigenvalue weighted by Gasteiger charge is -2.43. The molecule has 1 atom stereocenters. The van der Waals surface area contributed by atoms with E-state index in [2.05, 4.69) is 29.8 Å². The average Bonchev–Trinajstić information content (AvgIpc) is 2.47. The van der Waals surface area contributed by atoms with Gasteiger partial charge >= 0.3 is 0 Å². The van der Waals surface area contributed by atoms with Gasteiger partial charge in [-0.3, -0.25) is 4.79 Å². The summed E-state index contributed by atoms with van der Waals surface area (Å²) in [6, 6.07) is 0. The van der Waals surface area contributed by atoms with Crippen LogP contribution in [0.25, 0.3) is 0 Å². The van der Waals surface area contributed by atoms with Crippen molar-refractivity contribution in [3.63, 3.8) is 0 Å². The molecule has 21 heavy (non-hydrogen) atoms. The van der Waals surface area contributed by atoms with Gasteiger partial charge in [-0.05, 0) is 52.6 Å². The molecule has 2 saturated heterocycles. The Balaban J connectivity index is 1.58.